The molecule has 0 heterocycles. The van der Waals surface area contributed by atoms with Crippen molar-refractivity contribution in [1.29, 1.82) is 0 Å². The molecule has 0 unspecified atom stereocenters. The second-order valence-electron chi connectivity index (χ2n) is 7.16. The standard InChI is InChI=1S/C21H28ClN3O3S/c1-5-21(6-2,16-7-9-17(22)10-8-16)24-13-20(26)25-19-12-18(29(23,27)28)11-14(3)15(19)4/h7-12,24H,5-6,13H2,1-4H3,(H,25,26)(H2,23,27,28). The van der Waals surface area contributed by atoms with Gasteiger partial charge in [0.1, 0.15) is 0 Å². The van der Waals surface area contributed by atoms with Crippen molar-refractivity contribution in [2.75, 3.05) is 11.9 Å². The molecular formula is C21H28ClN3O3S. The van der Waals surface area contributed by atoms with Crippen molar-refractivity contribution in [3.8, 4) is 0 Å². The summed E-state index contributed by atoms with van der Waals surface area (Å²) in [7, 11) is -3.86. The molecule has 0 aliphatic heterocycles. The molecule has 2 rings (SSSR count). The molecule has 0 aromatic heterocycles. The first-order chi connectivity index (χ1) is 13.5. The van der Waals surface area contributed by atoms with E-state index in [1.807, 2.05) is 31.2 Å². The zero-order valence-corrected chi connectivity index (χ0v) is 18.7. The van der Waals surface area contributed by atoms with Gasteiger partial charge in [-0.2, -0.15) is 0 Å². The lowest BCUT2D eigenvalue weighted by Gasteiger charge is -2.33. The predicted molar refractivity (Wildman–Crippen MR) is 118 cm³/mol. The SMILES string of the molecule is CCC(CC)(NCC(=O)Nc1cc(S(N)(=O)=O)cc(C)c1C)c1ccc(Cl)cc1. The smallest absolute Gasteiger partial charge is 0.238 e. The van der Waals surface area contributed by atoms with Crippen molar-refractivity contribution in [3.63, 3.8) is 0 Å². The van der Waals surface area contributed by atoms with E-state index in [1.165, 1.54) is 12.1 Å². The van der Waals surface area contributed by atoms with Crippen LogP contribution < -0.4 is 15.8 Å². The van der Waals surface area contributed by atoms with Crippen LogP contribution in [0.5, 0.6) is 0 Å². The van der Waals surface area contributed by atoms with E-state index < -0.39 is 10.0 Å². The molecule has 0 atom stereocenters. The largest absolute Gasteiger partial charge is 0.325 e. The van der Waals surface area contributed by atoms with Crippen LogP contribution in [0, 0.1) is 13.8 Å². The van der Waals surface area contributed by atoms with Crippen molar-refractivity contribution in [3.05, 3.63) is 58.1 Å². The molecular weight excluding hydrogens is 410 g/mol. The Morgan fingerprint density at radius 3 is 2.21 bits per heavy atom. The number of carbonyl (C=O) groups excluding carboxylic acids is 1. The van der Waals surface area contributed by atoms with Crippen molar-refractivity contribution >= 4 is 33.2 Å². The second kappa shape index (κ2) is 9.26. The summed E-state index contributed by atoms with van der Waals surface area (Å²) in [4.78, 5) is 12.6. The third-order valence-corrected chi connectivity index (χ3v) is 6.58. The highest BCUT2D eigenvalue weighted by Gasteiger charge is 2.28. The number of carbonyl (C=O) groups is 1. The van der Waals surface area contributed by atoms with E-state index in [9.17, 15) is 13.2 Å². The van der Waals surface area contributed by atoms with Gasteiger partial charge >= 0.3 is 0 Å². The molecule has 6 nitrogen and oxygen atoms in total. The zero-order valence-electron chi connectivity index (χ0n) is 17.2. The molecule has 0 spiro atoms. The number of primary sulfonamides is 1. The number of benzene rings is 2. The fourth-order valence-electron chi connectivity index (χ4n) is 3.34. The Balaban J connectivity index is 2.20. The van der Waals surface area contributed by atoms with Crippen LogP contribution in [-0.4, -0.2) is 20.9 Å². The molecule has 0 aliphatic carbocycles. The number of nitrogens with one attached hydrogen (secondary N) is 2. The van der Waals surface area contributed by atoms with Crippen LogP contribution in [0.4, 0.5) is 5.69 Å². The average Bonchev–Trinajstić information content (AvgIpc) is 2.66. The number of halogens is 1. The highest BCUT2D eigenvalue weighted by Crippen LogP contribution is 2.30. The maximum Gasteiger partial charge on any atom is 0.238 e. The fraction of sp³-hybridized carbons (Fsp3) is 0.381. The second-order valence-corrected chi connectivity index (χ2v) is 9.15. The Morgan fingerprint density at radius 2 is 1.69 bits per heavy atom. The number of aryl methyl sites for hydroxylation is 1. The lowest BCUT2D eigenvalue weighted by Crippen LogP contribution is -2.45. The lowest BCUT2D eigenvalue weighted by atomic mass is 9.84. The number of hydrogen-bond acceptors (Lipinski definition) is 4. The molecule has 0 saturated carbocycles. The van der Waals surface area contributed by atoms with E-state index in [2.05, 4.69) is 24.5 Å². The van der Waals surface area contributed by atoms with Gasteiger partial charge in [0.05, 0.1) is 11.4 Å². The maximum absolute atomic E-state index is 12.6. The molecule has 158 valence electrons. The third kappa shape index (κ3) is 5.57. The first-order valence-electron chi connectivity index (χ1n) is 9.47. The Bertz CT molecular complexity index is 985. The summed E-state index contributed by atoms with van der Waals surface area (Å²) in [5.41, 5.74) is 2.65. The Hall–Kier alpha value is -1.93. The number of amides is 1. The molecule has 0 bridgehead atoms. The van der Waals surface area contributed by atoms with E-state index in [0.29, 0.717) is 10.7 Å². The minimum absolute atomic E-state index is 0.0264. The molecule has 2 aromatic carbocycles. The molecule has 2 aromatic rings. The van der Waals surface area contributed by atoms with Crippen LogP contribution >= 0.6 is 11.6 Å². The van der Waals surface area contributed by atoms with Gasteiger partial charge < -0.3 is 5.32 Å². The number of rotatable bonds is 8. The maximum atomic E-state index is 12.6. The minimum Gasteiger partial charge on any atom is -0.325 e. The van der Waals surface area contributed by atoms with Crippen molar-refractivity contribution in [2.45, 2.75) is 51.0 Å². The molecule has 0 radical (unpaired) electrons. The normalized spacial score (nSPS) is 12.1. The quantitative estimate of drug-likeness (QED) is 0.583. The van der Waals surface area contributed by atoms with Crippen LogP contribution in [0.3, 0.4) is 0 Å². The molecule has 4 N–H and O–H groups in total. The van der Waals surface area contributed by atoms with Gasteiger partial charge in [-0.15, -0.1) is 0 Å². The van der Waals surface area contributed by atoms with Crippen molar-refractivity contribution < 1.29 is 13.2 Å². The van der Waals surface area contributed by atoms with Crippen LogP contribution in [-0.2, 0) is 20.4 Å². The zero-order chi connectivity index (χ0) is 21.8. The summed E-state index contributed by atoms with van der Waals surface area (Å²) in [5.74, 6) is -0.265. The summed E-state index contributed by atoms with van der Waals surface area (Å²) < 4.78 is 23.4. The van der Waals surface area contributed by atoms with Gasteiger partial charge in [0.25, 0.3) is 0 Å². The highest BCUT2D eigenvalue weighted by molar-refractivity contribution is 7.89. The first kappa shape index (κ1) is 23.3. The average molecular weight is 438 g/mol. The van der Waals surface area contributed by atoms with Gasteiger partial charge in [-0.1, -0.05) is 37.6 Å². The van der Waals surface area contributed by atoms with Crippen LogP contribution in [0.1, 0.15) is 43.4 Å². The number of sulfonamides is 1. The third-order valence-electron chi connectivity index (χ3n) is 5.43. The predicted octanol–water partition coefficient (Wildman–Crippen LogP) is 3.85. The minimum atomic E-state index is -3.86. The number of anilines is 1. The van der Waals surface area contributed by atoms with E-state index in [-0.39, 0.29) is 22.9 Å². The molecule has 0 aliphatic rings. The van der Waals surface area contributed by atoms with Crippen LogP contribution in [0.15, 0.2) is 41.3 Å². The molecule has 1 amide bonds. The Morgan fingerprint density at radius 1 is 1.10 bits per heavy atom. The molecule has 0 fully saturated rings. The summed E-state index contributed by atoms with van der Waals surface area (Å²) in [6.45, 7) is 7.79. The highest BCUT2D eigenvalue weighted by atomic mass is 35.5. The van der Waals surface area contributed by atoms with Crippen molar-refractivity contribution in [2.24, 2.45) is 5.14 Å². The first-order valence-corrected chi connectivity index (χ1v) is 11.4. The van der Waals surface area contributed by atoms with E-state index >= 15 is 0 Å². The number of nitrogens with two attached hydrogens (primary N) is 1. The Labute approximate surface area is 177 Å². The van der Waals surface area contributed by atoms with Crippen molar-refractivity contribution in [1.82, 2.24) is 5.32 Å². The van der Waals surface area contributed by atoms with Crippen LogP contribution in [0.25, 0.3) is 0 Å². The van der Waals surface area contributed by atoms with Gasteiger partial charge in [0, 0.05) is 16.2 Å². The fourth-order valence-corrected chi connectivity index (χ4v) is 4.09. The van der Waals surface area contributed by atoms with E-state index in [0.717, 1.165) is 29.5 Å². The molecule has 0 saturated heterocycles. The van der Waals surface area contributed by atoms with Gasteiger partial charge in [0.2, 0.25) is 15.9 Å². The Kier molecular flexibility index (Phi) is 7.45. The van der Waals surface area contributed by atoms with Gasteiger partial charge in [0.15, 0.2) is 0 Å². The van der Waals surface area contributed by atoms with E-state index in [4.69, 9.17) is 16.7 Å². The monoisotopic (exact) mass is 437 g/mol. The van der Waals surface area contributed by atoms with E-state index in [1.54, 1.807) is 6.92 Å². The van der Waals surface area contributed by atoms with Gasteiger partial charge in [-0.05, 0) is 67.6 Å². The molecule has 8 heteroatoms. The summed E-state index contributed by atoms with van der Waals surface area (Å²) in [5, 5.41) is 12.1. The topological polar surface area (TPSA) is 101 Å². The summed E-state index contributed by atoms with van der Waals surface area (Å²) in [6.07, 6.45) is 1.58. The number of hydrogen-bond donors (Lipinski definition) is 3. The molecule has 29 heavy (non-hydrogen) atoms. The van der Waals surface area contributed by atoms with Gasteiger partial charge in [-0.3, -0.25) is 10.1 Å². The summed E-state index contributed by atoms with van der Waals surface area (Å²) in [6, 6.07) is 10.5. The summed E-state index contributed by atoms with van der Waals surface area (Å²) >= 11 is 6.00. The van der Waals surface area contributed by atoms with Crippen LogP contribution in [0.2, 0.25) is 5.02 Å². The van der Waals surface area contributed by atoms with Gasteiger partial charge in [-0.25, -0.2) is 13.6 Å². The lowest BCUT2D eigenvalue weighted by molar-refractivity contribution is -0.115.